The molecule has 8 heteroatoms. The first-order valence-electron chi connectivity index (χ1n) is 11.9. The third kappa shape index (κ3) is 5.37. The van der Waals surface area contributed by atoms with Crippen molar-refractivity contribution in [2.45, 2.75) is 26.3 Å². The Labute approximate surface area is 205 Å². The largest absolute Gasteiger partial charge is 0.497 e. The molecule has 0 unspecified atom stereocenters. The summed E-state index contributed by atoms with van der Waals surface area (Å²) in [7, 11) is 4.84. The molecule has 1 aliphatic heterocycles. The van der Waals surface area contributed by atoms with Gasteiger partial charge in [0.1, 0.15) is 22.9 Å². The van der Waals surface area contributed by atoms with Crippen LogP contribution in [-0.4, -0.2) is 56.1 Å². The third-order valence-electron chi connectivity index (χ3n) is 6.95. The van der Waals surface area contributed by atoms with Crippen LogP contribution in [-0.2, 0) is 11.3 Å². The number of hydrogen-bond acceptors (Lipinski definition) is 5. The Morgan fingerprint density at radius 1 is 1.00 bits per heavy atom. The number of likely N-dealkylation sites (tertiary alicyclic amines) is 1. The number of aromatic amines is 1. The van der Waals surface area contributed by atoms with Crippen LogP contribution in [0, 0.1) is 11.8 Å². The molecule has 35 heavy (non-hydrogen) atoms. The second-order valence-electron chi connectivity index (χ2n) is 8.95. The molecule has 8 nitrogen and oxygen atoms in total. The van der Waals surface area contributed by atoms with E-state index >= 15 is 0 Å². The molecule has 0 radical (unpaired) electrons. The van der Waals surface area contributed by atoms with Crippen LogP contribution in [0.3, 0.4) is 0 Å². The number of rotatable bonds is 8. The molecule has 1 saturated heterocycles. The van der Waals surface area contributed by atoms with Crippen molar-refractivity contribution in [1.82, 2.24) is 15.2 Å². The van der Waals surface area contributed by atoms with Crippen LogP contribution in [0.15, 0.2) is 42.5 Å². The van der Waals surface area contributed by atoms with Crippen molar-refractivity contribution in [3.05, 3.63) is 53.7 Å². The summed E-state index contributed by atoms with van der Waals surface area (Å²) in [6.45, 7) is 3.59. The monoisotopic (exact) mass is 479 g/mol. The number of nitrogens with one attached hydrogen (secondary N) is 2. The number of aromatic nitrogens is 1. The number of nitrogens with zero attached hydrogens (tertiary/aromatic N) is 1. The van der Waals surface area contributed by atoms with Gasteiger partial charge < -0.3 is 29.4 Å². The van der Waals surface area contributed by atoms with Crippen molar-refractivity contribution in [3.63, 3.8) is 0 Å². The maximum atomic E-state index is 13.1. The van der Waals surface area contributed by atoms with Gasteiger partial charge in [-0.2, -0.15) is 0 Å². The number of carbonyl (C=O) groups excluding carboxylic acids is 2. The Bertz CT molecular complexity index is 1200. The first kappa shape index (κ1) is 24.4. The number of H-pyrrole nitrogens is 1. The van der Waals surface area contributed by atoms with Crippen LogP contribution in [0.25, 0.3) is 10.9 Å². The SMILES string of the molecule is COc1ccc(OC)c(CNC(=O)[C@H](C)C2CCN(C(=O)c3cc4ccc(OC)cc4[nH]3)CC2)c1. The lowest BCUT2D eigenvalue weighted by molar-refractivity contribution is -0.126. The van der Waals surface area contributed by atoms with Crippen molar-refractivity contribution in [2.24, 2.45) is 11.8 Å². The van der Waals surface area contributed by atoms with Crippen LogP contribution in [0.4, 0.5) is 0 Å². The van der Waals surface area contributed by atoms with Crippen LogP contribution >= 0.6 is 0 Å². The van der Waals surface area contributed by atoms with Gasteiger partial charge in [0.2, 0.25) is 5.91 Å². The molecule has 2 N–H and O–H groups in total. The van der Waals surface area contributed by atoms with E-state index in [0.29, 0.717) is 36.8 Å². The van der Waals surface area contributed by atoms with Gasteiger partial charge in [0.15, 0.2) is 0 Å². The summed E-state index contributed by atoms with van der Waals surface area (Å²) in [5, 5.41) is 4.01. The van der Waals surface area contributed by atoms with Crippen molar-refractivity contribution in [3.8, 4) is 17.2 Å². The van der Waals surface area contributed by atoms with Gasteiger partial charge in [-0.1, -0.05) is 6.92 Å². The van der Waals surface area contributed by atoms with Crippen LogP contribution in [0.2, 0.25) is 0 Å². The molecule has 2 aromatic carbocycles. The number of piperidine rings is 1. The van der Waals surface area contributed by atoms with Gasteiger partial charge in [0.25, 0.3) is 5.91 Å². The number of methoxy groups -OCH3 is 3. The van der Waals surface area contributed by atoms with Gasteiger partial charge in [-0.25, -0.2) is 0 Å². The van der Waals surface area contributed by atoms with Crippen LogP contribution in [0.5, 0.6) is 17.2 Å². The highest BCUT2D eigenvalue weighted by Crippen LogP contribution is 2.28. The second-order valence-corrected chi connectivity index (χ2v) is 8.95. The quantitative estimate of drug-likeness (QED) is 0.510. The van der Waals surface area contributed by atoms with E-state index in [1.54, 1.807) is 21.3 Å². The number of amides is 2. The molecule has 186 valence electrons. The second kappa shape index (κ2) is 10.7. The summed E-state index contributed by atoms with van der Waals surface area (Å²) in [6, 6.07) is 13.1. The lowest BCUT2D eigenvalue weighted by Crippen LogP contribution is -2.42. The summed E-state index contributed by atoms with van der Waals surface area (Å²) < 4.78 is 16.0. The zero-order valence-corrected chi connectivity index (χ0v) is 20.7. The van der Waals surface area contributed by atoms with Gasteiger partial charge >= 0.3 is 0 Å². The fourth-order valence-corrected chi connectivity index (χ4v) is 4.70. The normalized spacial score (nSPS) is 15.0. The zero-order chi connectivity index (χ0) is 24.9. The lowest BCUT2D eigenvalue weighted by Gasteiger charge is -2.34. The highest BCUT2D eigenvalue weighted by Gasteiger charge is 2.30. The predicted molar refractivity (Wildman–Crippen MR) is 134 cm³/mol. The zero-order valence-electron chi connectivity index (χ0n) is 20.7. The van der Waals surface area contributed by atoms with E-state index in [2.05, 4.69) is 10.3 Å². The smallest absolute Gasteiger partial charge is 0.270 e. The highest BCUT2D eigenvalue weighted by molar-refractivity contribution is 5.98. The first-order chi connectivity index (χ1) is 16.9. The Morgan fingerprint density at radius 2 is 1.69 bits per heavy atom. The Balaban J connectivity index is 1.32. The molecule has 0 saturated carbocycles. The molecule has 0 spiro atoms. The summed E-state index contributed by atoms with van der Waals surface area (Å²) in [4.78, 5) is 31.0. The molecular weight excluding hydrogens is 446 g/mol. The number of hydrogen-bond donors (Lipinski definition) is 2. The minimum atomic E-state index is -0.149. The number of benzene rings is 2. The molecule has 1 atom stereocenters. The molecular formula is C27H33N3O5. The van der Waals surface area contributed by atoms with E-state index in [9.17, 15) is 9.59 Å². The molecule has 1 aromatic heterocycles. The molecule has 2 heterocycles. The maximum Gasteiger partial charge on any atom is 0.270 e. The average Bonchev–Trinajstić information content (AvgIpc) is 3.34. The Kier molecular flexibility index (Phi) is 7.48. The molecule has 1 fully saturated rings. The molecule has 4 rings (SSSR count). The number of fused-ring (bicyclic) bond motifs is 1. The van der Waals surface area contributed by atoms with Gasteiger partial charge in [-0.3, -0.25) is 9.59 Å². The van der Waals surface area contributed by atoms with Crippen molar-refractivity contribution in [1.29, 1.82) is 0 Å². The maximum absolute atomic E-state index is 13.1. The first-order valence-corrected chi connectivity index (χ1v) is 11.9. The molecule has 0 aliphatic carbocycles. The van der Waals surface area contributed by atoms with Gasteiger partial charge in [0, 0.05) is 48.1 Å². The van der Waals surface area contributed by atoms with E-state index in [4.69, 9.17) is 14.2 Å². The van der Waals surface area contributed by atoms with E-state index < -0.39 is 0 Å². The van der Waals surface area contributed by atoms with Crippen molar-refractivity contribution >= 4 is 22.7 Å². The standard InChI is InChI=1S/C27H33N3O5/c1-17(26(31)28-16-20-13-21(33-2)7-8-25(20)35-4)18-9-11-30(12-10-18)27(32)24-14-19-5-6-22(34-3)15-23(19)29-24/h5-8,13-15,17-18,29H,9-12,16H2,1-4H3,(H,28,31)/t17-/m1/s1. The van der Waals surface area contributed by atoms with Crippen LogP contribution in [0.1, 0.15) is 35.8 Å². The van der Waals surface area contributed by atoms with Crippen molar-refractivity contribution in [2.75, 3.05) is 34.4 Å². The molecule has 2 amide bonds. The van der Waals surface area contributed by atoms with Crippen LogP contribution < -0.4 is 19.5 Å². The summed E-state index contributed by atoms with van der Waals surface area (Å²) >= 11 is 0. The molecule has 3 aromatic rings. The van der Waals surface area contributed by atoms with E-state index in [1.165, 1.54) is 0 Å². The van der Waals surface area contributed by atoms with Gasteiger partial charge in [-0.05, 0) is 55.2 Å². The average molecular weight is 480 g/mol. The summed E-state index contributed by atoms with van der Waals surface area (Å²) in [5.74, 6) is 2.24. The Morgan fingerprint density at radius 3 is 2.37 bits per heavy atom. The summed E-state index contributed by atoms with van der Waals surface area (Å²) in [5.41, 5.74) is 2.31. The fourth-order valence-electron chi connectivity index (χ4n) is 4.70. The highest BCUT2D eigenvalue weighted by atomic mass is 16.5. The minimum absolute atomic E-state index is 0.00390. The van der Waals surface area contributed by atoms with Crippen molar-refractivity contribution < 1.29 is 23.8 Å². The van der Waals surface area contributed by atoms with E-state index in [1.807, 2.05) is 54.3 Å². The topological polar surface area (TPSA) is 92.9 Å². The van der Waals surface area contributed by atoms with Gasteiger partial charge in [-0.15, -0.1) is 0 Å². The fraction of sp³-hybridized carbons (Fsp3) is 0.407. The minimum Gasteiger partial charge on any atom is -0.497 e. The summed E-state index contributed by atoms with van der Waals surface area (Å²) in [6.07, 6.45) is 1.58. The van der Waals surface area contributed by atoms with Gasteiger partial charge in [0.05, 0.1) is 21.3 Å². The Hall–Kier alpha value is -3.68. The van der Waals surface area contributed by atoms with E-state index in [0.717, 1.165) is 35.1 Å². The number of ether oxygens (including phenoxy) is 3. The molecule has 0 bridgehead atoms. The lowest BCUT2D eigenvalue weighted by atomic mass is 9.84. The molecule has 1 aliphatic rings. The number of carbonyl (C=O) groups is 2. The van der Waals surface area contributed by atoms with E-state index in [-0.39, 0.29) is 23.7 Å². The third-order valence-corrected chi connectivity index (χ3v) is 6.95. The predicted octanol–water partition coefficient (Wildman–Crippen LogP) is 4.00.